The molecule has 0 radical (unpaired) electrons. The van der Waals surface area contributed by atoms with E-state index in [-0.39, 0.29) is 0 Å². The van der Waals surface area contributed by atoms with Crippen molar-refractivity contribution in [1.82, 2.24) is 9.80 Å². The summed E-state index contributed by atoms with van der Waals surface area (Å²) in [6.45, 7) is 8.47. The van der Waals surface area contributed by atoms with Crippen LogP contribution in [0.2, 0.25) is 5.02 Å². The van der Waals surface area contributed by atoms with Crippen molar-refractivity contribution in [3.05, 3.63) is 29.3 Å². The Kier molecular flexibility index (Phi) is 5.44. The summed E-state index contributed by atoms with van der Waals surface area (Å²) in [6.07, 6.45) is 2.29. The van der Waals surface area contributed by atoms with Crippen molar-refractivity contribution in [2.45, 2.75) is 19.8 Å². The molecule has 0 bridgehead atoms. The van der Waals surface area contributed by atoms with E-state index in [0.717, 1.165) is 63.1 Å². The molecule has 1 aromatic carbocycles. The van der Waals surface area contributed by atoms with E-state index < -0.39 is 0 Å². The molecule has 3 rings (SSSR count). The number of nitrogens with zero attached hydrogens (tertiary/aromatic N) is 3. The van der Waals surface area contributed by atoms with Crippen molar-refractivity contribution >= 4 is 23.2 Å². The second-order valence-electron chi connectivity index (χ2n) is 6.81. The van der Waals surface area contributed by atoms with Crippen molar-refractivity contribution < 1.29 is 4.79 Å². The van der Waals surface area contributed by atoms with Crippen LogP contribution in [0.3, 0.4) is 0 Å². The van der Waals surface area contributed by atoms with Crippen LogP contribution in [0.5, 0.6) is 0 Å². The van der Waals surface area contributed by atoms with Crippen LogP contribution in [0.1, 0.15) is 19.8 Å². The van der Waals surface area contributed by atoms with Gasteiger partial charge in [0.15, 0.2) is 0 Å². The van der Waals surface area contributed by atoms with Gasteiger partial charge in [-0.3, -0.25) is 9.69 Å². The number of amides is 1. The number of piperazine rings is 1. The molecule has 0 N–H and O–H groups in total. The van der Waals surface area contributed by atoms with Crippen LogP contribution in [0, 0.1) is 5.92 Å². The third-order valence-electron chi connectivity index (χ3n) is 5.04. The molecule has 1 amide bonds. The van der Waals surface area contributed by atoms with Gasteiger partial charge in [-0.2, -0.15) is 0 Å². The van der Waals surface area contributed by atoms with E-state index in [1.54, 1.807) is 0 Å². The number of piperidine rings is 1. The lowest BCUT2D eigenvalue weighted by Gasteiger charge is -2.37. The largest absolute Gasteiger partial charge is 0.369 e. The summed E-state index contributed by atoms with van der Waals surface area (Å²) in [5, 5.41) is 0.777. The summed E-state index contributed by atoms with van der Waals surface area (Å²) in [5.74, 6) is 1.06. The van der Waals surface area contributed by atoms with Crippen LogP contribution < -0.4 is 4.90 Å². The standard InChI is InChI=1S/C18H26ClN3O/c1-15-5-7-22(8-6-15)18(23)14-20-9-11-21(12-10-20)17-4-2-3-16(19)13-17/h2-4,13,15H,5-12,14H2,1H3. The Hall–Kier alpha value is -1.26. The number of likely N-dealkylation sites (tertiary alicyclic amines) is 1. The van der Waals surface area contributed by atoms with E-state index in [1.165, 1.54) is 5.69 Å². The normalized spacial score (nSPS) is 20.8. The molecule has 0 saturated carbocycles. The molecule has 2 aliphatic rings. The highest BCUT2D eigenvalue weighted by Gasteiger charge is 2.24. The van der Waals surface area contributed by atoms with Crippen LogP contribution in [0.15, 0.2) is 24.3 Å². The predicted octanol–water partition coefficient (Wildman–Crippen LogP) is 2.72. The van der Waals surface area contributed by atoms with Crippen molar-refractivity contribution in [3.63, 3.8) is 0 Å². The van der Waals surface area contributed by atoms with Gasteiger partial charge in [0, 0.05) is 50.0 Å². The summed E-state index contributed by atoms with van der Waals surface area (Å²) in [4.78, 5) is 19.1. The molecule has 2 fully saturated rings. The highest BCUT2D eigenvalue weighted by Crippen LogP contribution is 2.21. The first-order valence-corrected chi connectivity index (χ1v) is 9.00. The summed E-state index contributed by atoms with van der Waals surface area (Å²) in [6, 6.07) is 8.00. The minimum absolute atomic E-state index is 0.299. The predicted molar refractivity (Wildman–Crippen MR) is 95.1 cm³/mol. The molecular formula is C18H26ClN3O. The van der Waals surface area contributed by atoms with Gasteiger partial charge in [-0.15, -0.1) is 0 Å². The minimum atomic E-state index is 0.299. The lowest BCUT2D eigenvalue weighted by molar-refractivity contribution is -0.133. The highest BCUT2D eigenvalue weighted by atomic mass is 35.5. The number of hydrogen-bond acceptors (Lipinski definition) is 3. The van der Waals surface area contributed by atoms with E-state index in [0.29, 0.717) is 12.5 Å². The average Bonchev–Trinajstić information content (AvgIpc) is 2.56. The zero-order valence-electron chi connectivity index (χ0n) is 13.9. The van der Waals surface area contributed by atoms with Crippen molar-refractivity contribution in [2.24, 2.45) is 5.92 Å². The number of benzene rings is 1. The van der Waals surface area contributed by atoms with Gasteiger partial charge in [-0.05, 0) is 37.0 Å². The van der Waals surface area contributed by atoms with Crippen LogP contribution >= 0.6 is 11.6 Å². The molecule has 0 atom stereocenters. The number of carbonyl (C=O) groups excluding carboxylic acids is 1. The first-order valence-electron chi connectivity index (χ1n) is 8.62. The lowest BCUT2D eigenvalue weighted by atomic mass is 9.99. The van der Waals surface area contributed by atoms with Crippen LogP contribution in [-0.2, 0) is 4.79 Å². The van der Waals surface area contributed by atoms with Gasteiger partial charge >= 0.3 is 0 Å². The van der Waals surface area contributed by atoms with E-state index in [2.05, 4.69) is 22.8 Å². The first kappa shape index (κ1) is 16.6. The highest BCUT2D eigenvalue weighted by molar-refractivity contribution is 6.30. The van der Waals surface area contributed by atoms with Gasteiger partial charge < -0.3 is 9.80 Å². The second kappa shape index (κ2) is 7.54. The fraction of sp³-hybridized carbons (Fsp3) is 0.611. The Bertz CT molecular complexity index is 535. The third-order valence-corrected chi connectivity index (χ3v) is 5.28. The number of anilines is 1. The SMILES string of the molecule is CC1CCN(C(=O)CN2CCN(c3cccc(Cl)c3)CC2)CC1. The Morgan fingerprint density at radius 1 is 1.13 bits per heavy atom. The zero-order chi connectivity index (χ0) is 16.2. The monoisotopic (exact) mass is 335 g/mol. The molecule has 23 heavy (non-hydrogen) atoms. The number of rotatable bonds is 3. The molecular weight excluding hydrogens is 310 g/mol. The van der Waals surface area contributed by atoms with Gasteiger partial charge in [-0.1, -0.05) is 24.6 Å². The maximum atomic E-state index is 12.4. The second-order valence-corrected chi connectivity index (χ2v) is 7.24. The smallest absolute Gasteiger partial charge is 0.236 e. The van der Waals surface area contributed by atoms with Gasteiger partial charge in [-0.25, -0.2) is 0 Å². The Morgan fingerprint density at radius 3 is 2.48 bits per heavy atom. The van der Waals surface area contributed by atoms with Gasteiger partial charge in [0.2, 0.25) is 5.91 Å². The Labute approximate surface area is 144 Å². The van der Waals surface area contributed by atoms with E-state index in [4.69, 9.17) is 11.6 Å². The average molecular weight is 336 g/mol. The third kappa shape index (κ3) is 4.39. The molecule has 0 aromatic heterocycles. The molecule has 0 aliphatic carbocycles. The lowest BCUT2D eigenvalue weighted by Crippen LogP contribution is -2.51. The van der Waals surface area contributed by atoms with Crippen LogP contribution in [0.4, 0.5) is 5.69 Å². The van der Waals surface area contributed by atoms with E-state index >= 15 is 0 Å². The number of carbonyl (C=O) groups is 1. The fourth-order valence-electron chi connectivity index (χ4n) is 3.39. The summed E-state index contributed by atoms with van der Waals surface area (Å²) in [7, 11) is 0. The molecule has 1 aromatic rings. The molecule has 126 valence electrons. The van der Waals surface area contributed by atoms with E-state index in [1.807, 2.05) is 23.1 Å². The number of hydrogen-bond donors (Lipinski definition) is 0. The van der Waals surface area contributed by atoms with Crippen molar-refractivity contribution in [1.29, 1.82) is 0 Å². The zero-order valence-corrected chi connectivity index (χ0v) is 14.6. The maximum absolute atomic E-state index is 12.4. The molecule has 2 heterocycles. The molecule has 0 spiro atoms. The molecule has 5 heteroatoms. The quantitative estimate of drug-likeness (QED) is 0.849. The van der Waals surface area contributed by atoms with Gasteiger partial charge in [0.1, 0.15) is 0 Å². The minimum Gasteiger partial charge on any atom is -0.369 e. The topological polar surface area (TPSA) is 26.8 Å². The molecule has 2 saturated heterocycles. The van der Waals surface area contributed by atoms with E-state index in [9.17, 15) is 4.79 Å². The molecule has 2 aliphatic heterocycles. The summed E-state index contributed by atoms with van der Waals surface area (Å²) >= 11 is 6.07. The maximum Gasteiger partial charge on any atom is 0.236 e. The first-order chi connectivity index (χ1) is 11.1. The molecule has 4 nitrogen and oxygen atoms in total. The molecule has 0 unspecified atom stereocenters. The Morgan fingerprint density at radius 2 is 1.83 bits per heavy atom. The van der Waals surface area contributed by atoms with Crippen molar-refractivity contribution in [3.8, 4) is 0 Å². The fourth-order valence-corrected chi connectivity index (χ4v) is 3.57. The van der Waals surface area contributed by atoms with Crippen LogP contribution in [0.25, 0.3) is 0 Å². The summed E-state index contributed by atoms with van der Waals surface area (Å²) in [5.41, 5.74) is 1.17. The summed E-state index contributed by atoms with van der Waals surface area (Å²) < 4.78 is 0. The van der Waals surface area contributed by atoms with Crippen LogP contribution in [-0.4, -0.2) is 61.5 Å². The van der Waals surface area contributed by atoms with Crippen molar-refractivity contribution in [2.75, 3.05) is 50.7 Å². The van der Waals surface area contributed by atoms with Gasteiger partial charge in [0.05, 0.1) is 6.54 Å². The Balaban J connectivity index is 1.46. The van der Waals surface area contributed by atoms with Gasteiger partial charge in [0.25, 0.3) is 0 Å². The number of halogens is 1.